The smallest absolute Gasteiger partial charge is 0.280 e. The Morgan fingerprint density at radius 3 is 2.65 bits per heavy atom. The summed E-state index contributed by atoms with van der Waals surface area (Å²) in [5.74, 6) is -0.328. The number of carbonyl (C=O) groups excluding carboxylic acids is 1. The molecule has 1 aromatic heterocycles. The second-order valence-corrected chi connectivity index (χ2v) is 8.05. The van der Waals surface area contributed by atoms with Crippen LogP contribution in [-0.4, -0.2) is 31.7 Å². The zero-order valence-corrected chi connectivity index (χ0v) is 14.1. The Labute approximate surface area is 139 Å². The lowest BCUT2D eigenvalue weighted by atomic mass is 10.1. The molecule has 2 N–H and O–H groups in total. The SMILES string of the molecule is CN1C(C(=O)Nc2ccccc2)CC(c2cccs2)NS1(=O)=O. The molecule has 1 saturated heterocycles. The lowest BCUT2D eigenvalue weighted by molar-refractivity contribution is -0.120. The minimum absolute atomic E-state index is 0.328. The number of likely N-dealkylation sites (N-methyl/N-ethyl adjacent to an activating group) is 1. The van der Waals surface area contributed by atoms with E-state index in [1.807, 2.05) is 35.7 Å². The lowest BCUT2D eigenvalue weighted by Gasteiger charge is -2.35. The van der Waals surface area contributed by atoms with E-state index >= 15 is 0 Å². The molecule has 122 valence electrons. The summed E-state index contributed by atoms with van der Waals surface area (Å²) in [6.07, 6.45) is 0.384. The molecule has 23 heavy (non-hydrogen) atoms. The van der Waals surface area contributed by atoms with Gasteiger partial charge in [-0.1, -0.05) is 24.3 Å². The van der Waals surface area contributed by atoms with Crippen molar-refractivity contribution >= 4 is 33.1 Å². The first-order valence-electron chi connectivity index (χ1n) is 7.12. The maximum atomic E-state index is 12.5. The Kier molecular flexibility index (Phi) is 4.49. The Hall–Kier alpha value is -1.74. The number of benzene rings is 1. The van der Waals surface area contributed by atoms with E-state index in [4.69, 9.17) is 0 Å². The van der Waals surface area contributed by atoms with Crippen molar-refractivity contribution < 1.29 is 13.2 Å². The minimum Gasteiger partial charge on any atom is -0.325 e. The Bertz CT molecular complexity index is 776. The van der Waals surface area contributed by atoms with Crippen LogP contribution in [0.2, 0.25) is 0 Å². The summed E-state index contributed by atoms with van der Waals surface area (Å²) in [4.78, 5) is 13.4. The van der Waals surface area contributed by atoms with Gasteiger partial charge in [0, 0.05) is 17.6 Å². The van der Waals surface area contributed by atoms with E-state index in [0.29, 0.717) is 12.1 Å². The van der Waals surface area contributed by atoms with Crippen LogP contribution in [-0.2, 0) is 15.0 Å². The van der Waals surface area contributed by atoms with Gasteiger partial charge in [-0.3, -0.25) is 4.79 Å². The average Bonchev–Trinajstić information content (AvgIpc) is 3.05. The minimum atomic E-state index is -3.69. The number of hydrogen-bond acceptors (Lipinski definition) is 4. The molecule has 1 aliphatic rings. The van der Waals surface area contributed by atoms with Crippen LogP contribution in [0.25, 0.3) is 0 Å². The Balaban J connectivity index is 1.83. The van der Waals surface area contributed by atoms with Gasteiger partial charge in [-0.15, -0.1) is 11.3 Å². The highest BCUT2D eigenvalue weighted by Gasteiger charge is 2.40. The molecule has 0 aliphatic carbocycles. The largest absolute Gasteiger partial charge is 0.325 e. The van der Waals surface area contributed by atoms with Crippen molar-refractivity contribution in [1.29, 1.82) is 0 Å². The quantitative estimate of drug-likeness (QED) is 0.887. The van der Waals surface area contributed by atoms with Crippen LogP contribution in [0.15, 0.2) is 47.8 Å². The third-order valence-electron chi connectivity index (χ3n) is 3.80. The molecular formula is C15H17N3O3S2. The van der Waals surface area contributed by atoms with E-state index in [-0.39, 0.29) is 11.9 Å². The van der Waals surface area contributed by atoms with Crippen molar-refractivity contribution in [1.82, 2.24) is 9.03 Å². The topological polar surface area (TPSA) is 78.5 Å². The van der Waals surface area contributed by atoms with Crippen molar-refractivity contribution in [3.63, 3.8) is 0 Å². The number of carbonyl (C=O) groups is 1. The van der Waals surface area contributed by atoms with Crippen molar-refractivity contribution in [2.24, 2.45) is 0 Å². The first-order valence-corrected chi connectivity index (χ1v) is 9.44. The van der Waals surface area contributed by atoms with Crippen LogP contribution >= 0.6 is 11.3 Å². The van der Waals surface area contributed by atoms with E-state index in [9.17, 15) is 13.2 Å². The van der Waals surface area contributed by atoms with Gasteiger partial charge in [-0.2, -0.15) is 17.4 Å². The lowest BCUT2D eigenvalue weighted by Crippen LogP contribution is -2.55. The molecule has 1 aromatic carbocycles. The van der Waals surface area contributed by atoms with Crippen molar-refractivity contribution in [3.05, 3.63) is 52.7 Å². The second-order valence-electron chi connectivity index (χ2n) is 5.31. The van der Waals surface area contributed by atoms with Gasteiger partial charge in [0.15, 0.2) is 0 Å². The number of amides is 1. The zero-order chi connectivity index (χ0) is 16.4. The number of rotatable bonds is 3. The molecule has 0 saturated carbocycles. The molecular weight excluding hydrogens is 334 g/mol. The predicted molar refractivity (Wildman–Crippen MR) is 90.4 cm³/mol. The summed E-state index contributed by atoms with van der Waals surface area (Å²) in [7, 11) is -2.28. The van der Waals surface area contributed by atoms with Gasteiger partial charge in [-0.05, 0) is 30.0 Å². The third-order valence-corrected chi connectivity index (χ3v) is 6.38. The van der Waals surface area contributed by atoms with E-state index in [1.165, 1.54) is 18.4 Å². The molecule has 1 fully saturated rings. The van der Waals surface area contributed by atoms with Gasteiger partial charge >= 0.3 is 0 Å². The number of nitrogens with zero attached hydrogens (tertiary/aromatic N) is 1. The highest BCUT2D eigenvalue weighted by atomic mass is 32.2. The van der Waals surface area contributed by atoms with E-state index in [2.05, 4.69) is 10.0 Å². The molecule has 8 heteroatoms. The summed E-state index contributed by atoms with van der Waals surface area (Å²) in [5, 5.41) is 4.67. The van der Waals surface area contributed by atoms with E-state index in [0.717, 1.165) is 9.18 Å². The fraction of sp³-hybridized carbons (Fsp3) is 0.267. The van der Waals surface area contributed by atoms with Crippen LogP contribution in [0, 0.1) is 0 Å². The van der Waals surface area contributed by atoms with Gasteiger partial charge in [0.05, 0.1) is 6.04 Å². The van der Waals surface area contributed by atoms with Crippen molar-refractivity contribution in [3.8, 4) is 0 Å². The van der Waals surface area contributed by atoms with E-state index < -0.39 is 16.3 Å². The standard InChI is InChI=1S/C15H17N3O3S2/c1-18-13(15(19)16-11-6-3-2-4-7-11)10-12(17-23(18,20)21)14-8-5-9-22-14/h2-9,12-13,17H,10H2,1H3,(H,16,19). The summed E-state index contributed by atoms with van der Waals surface area (Å²) >= 11 is 1.47. The van der Waals surface area contributed by atoms with Gasteiger partial charge in [0.1, 0.15) is 6.04 Å². The molecule has 0 radical (unpaired) electrons. The van der Waals surface area contributed by atoms with Crippen LogP contribution in [0.3, 0.4) is 0 Å². The molecule has 1 aliphatic heterocycles. The molecule has 2 atom stereocenters. The van der Waals surface area contributed by atoms with Crippen LogP contribution in [0.4, 0.5) is 5.69 Å². The number of nitrogens with one attached hydrogen (secondary N) is 2. The highest BCUT2D eigenvalue weighted by Crippen LogP contribution is 2.30. The fourth-order valence-electron chi connectivity index (χ4n) is 2.53. The molecule has 3 rings (SSSR count). The van der Waals surface area contributed by atoms with E-state index in [1.54, 1.807) is 12.1 Å². The maximum Gasteiger partial charge on any atom is 0.280 e. The monoisotopic (exact) mass is 351 g/mol. The number of anilines is 1. The summed E-state index contributed by atoms with van der Waals surface area (Å²) in [6.45, 7) is 0. The van der Waals surface area contributed by atoms with Crippen molar-refractivity contribution in [2.45, 2.75) is 18.5 Å². The summed E-state index contributed by atoms with van der Waals surface area (Å²) in [5.41, 5.74) is 0.648. The molecule has 6 nitrogen and oxygen atoms in total. The fourth-order valence-corrected chi connectivity index (χ4v) is 4.66. The summed E-state index contributed by atoms with van der Waals surface area (Å²) < 4.78 is 28.3. The van der Waals surface area contributed by atoms with Crippen LogP contribution in [0.5, 0.6) is 0 Å². The molecule has 2 aromatic rings. The molecule has 1 amide bonds. The average molecular weight is 351 g/mol. The van der Waals surface area contributed by atoms with Gasteiger partial charge in [0.25, 0.3) is 10.2 Å². The van der Waals surface area contributed by atoms with Crippen LogP contribution < -0.4 is 10.0 Å². The first kappa shape index (κ1) is 16.1. The second kappa shape index (κ2) is 6.40. The molecule has 2 unspecified atom stereocenters. The van der Waals surface area contributed by atoms with Gasteiger partial charge < -0.3 is 5.32 Å². The van der Waals surface area contributed by atoms with Gasteiger partial charge in [-0.25, -0.2) is 0 Å². The zero-order valence-electron chi connectivity index (χ0n) is 12.5. The third kappa shape index (κ3) is 3.45. The Morgan fingerprint density at radius 1 is 1.26 bits per heavy atom. The van der Waals surface area contributed by atoms with Crippen molar-refractivity contribution in [2.75, 3.05) is 12.4 Å². The molecule has 0 spiro atoms. The molecule has 0 bridgehead atoms. The Morgan fingerprint density at radius 2 is 2.00 bits per heavy atom. The van der Waals surface area contributed by atoms with Crippen LogP contribution in [0.1, 0.15) is 17.3 Å². The van der Waals surface area contributed by atoms with Gasteiger partial charge in [0.2, 0.25) is 5.91 Å². The first-order chi connectivity index (χ1) is 11.0. The number of thiophene rings is 1. The summed E-state index contributed by atoms with van der Waals surface area (Å²) in [6, 6.07) is 11.6. The maximum absolute atomic E-state index is 12.5. The number of hydrogen-bond donors (Lipinski definition) is 2. The highest BCUT2D eigenvalue weighted by molar-refractivity contribution is 7.87. The predicted octanol–water partition coefficient (Wildman–Crippen LogP) is 1.97. The molecule has 2 heterocycles. The number of para-hydroxylation sites is 1. The normalized spacial score (nSPS) is 24.2.